The molecular weight excluding hydrogens is 508 g/mol. The Morgan fingerprint density at radius 2 is 1.05 bits per heavy atom. The van der Waals surface area contributed by atoms with Gasteiger partial charge in [0.2, 0.25) is 0 Å². The topological polar surface area (TPSA) is 258 Å². The summed E-state index contributed by atoms with van der Waals surface area (Å²) in [4.78, 5) is 0. The molecule has 15 atom stereocenters. The number of hydrogen-bond donors (Lipinski definition) is 10. The molecule has 3 saturated heterocycles. The summed E-state index contributed by atoms with van der Waals surface area (Å²) in [6.07, 6.45) is -24.1. The van der Waals surface area contributed by atoms with Gasteiger partial charge in [-0.1, -0.05) is 0 Å². The highest BCUT2D eigenvalue weighted by molar-refractivity contribution is 4.95. The van der Waals surface area contributed by atoms with E-state index in [1.165, 1.54) is 0 Å². The van der Waals surface area contributed by atoms with Gasteiger partial charge in [-0.2, -0.15) is 0 Å². The molecular formula is C21H38O16. The molecule has 3 aliphatic rings. The molecule has 37 heavy (non-hydrogen) atoms. The van der Waals surface area contributed by atoms with E-state index < -0.39 is 118 Å². The van der Waals surface area contributed by atoms with Gasteiger partial charge in [0, 0.05) is 0 Å². The summed E-state index contributed by atoms with van der Waals surface area (Å²) in [6, 6.07) is 0. The second kappa shape index (κ2) is 13.1. The molecule has 3 aliphatic heterocycles. The van der Waals surface area contributed by atoms with Crippen LogP contribution in [0.4, 0.5) is 0 Å². The van der Waals surface area contributed by atoms with Crippen molar-refractivity contribution in [1.82, 2.24) is 0 Å². The number of ether oxygens (including phenoxy) is 6. The Hall–Kier alpha value is -0.640. The molecule has 0 aliphatic carbocycles. The van der Waals surface area contributed by atoms with Crippen LogP contribution in [0.1, 0.15) is 13.8 Å². The Bertz CT molecular complexity index is 695. The lowest BCUT2D eigenvalue weighted by molar-refractivity contribution is -0.368. The SMILES string of the molecule is CC(C)OC1OC(COC2OC(CO)C(O)C(O)C2O)[C@H](O)C(OC2OC(CO)C(O)C(O)C2O)C1O. The van der Waals surface area contributed by atoms with E-state index in [4.69, 9.17) is 28.4 Å². The molecule has 3 rings (SSSR count). The fraction of sp³-hybridized carbons (Fsp3) is 1.00. The van der Waals surface area contributed by atoms with Gasteiger partial charge >= 0.3 is 0 Å². The third-order valence-corrected chi connectivity index (χ3v) is 6.46. The highest BCUT2D eigenvalue weighted by atomic mass is 16.7. The Labute approximate surface area is 212 Å². The van der Waals surface area contributed by atoms with Gasteiger partial charge in [-0.05, 0) is 13.8 Å². The minimum Gasteiger partial charge on any atom is -0.394 e. The summed E-state index contributed by atoms with van der Waals surface area (Å²) in [6.45, 7) is 1.36. The van der Waals surface area contributed by atoms with Crippen LogP contribution < -0.4 is 0 Å². The molecule has 14 unspecified atom stereocenters. The van der Waals surface area contributed by atoms with Crippen LogP contribution in [0.5, 0.6) is 0 Å². The van der Waals surface area contributed by atoms with E-state index in [2.05, 4.69) is 0 Å². The molecule has 0 saturated carbocycles. The van der Waals surface area contributed by atoms with Crippen LogP contribution in [0.25, 0.3) is 0 Å². The zero-order valence-corrected chi connectivity index (χ0v) is 20.3. The van der Waals surface area contributed by atoms with Crippen LogP contribution >= 0.6 is 0 Å². The van der Waals surface area contributed by atoms with E-state index in [0.29, 0.717) is 0 Å². The number of rotatable bonds is 9. The van der Waals surface area contributed by atoms with Crippen LogP contribution in [-0.4, -0.2) is 169 Å². The molecule has 0 amide bonds. The van der Waals surface area contributed by atoms with E-state index in [1.54, 1.807) is 13.8 Å². The summed E-state index contributed by atoms with van der Waals surface area (Å²) in [5, 5.41) is 101. The summed E-state index contributed by atoms with van der Waals surface area (Å²) in [5.74, 6) is 0. The van der Waals surface area contributed by atoms with Gasteiger partial charge in [-0.25, -0.2) is 0 Å². The number of aliphatic hydroxyl groups excluding tert-OH is 10. The largest absolute Gasteiger partial charge is 0.394 e. The van der Waals surface area contributed by atoms with Crippen molar-refractivity contribution in [2.75, 3.05) is 19.8 Å². The summed E-state index contributed by atoms with van der Waals surface area (Å²) < 4.78 is 32.8. The Morgan fingerprint density at radius 1 is 0.568 bits per heavy atom. The van der Waals surface area contributed by atoms with Crippen LogP contribution in [0.2, 0.25) is 0 Å². The first-order chi connectivity index (χ1) is 17.4. The maximum Gasteiger partial charge on any atom is 0.187 e. The van der Waals surface area contributed by atoms with Crippen molar-refractivity contribution in [3.8, 4) is 0 Å². The molecule has 3 fully saturated rings. The van der Waals surface area contributed by atoms with Crippen molar-refractivity contribution in [3.63, 3.8) is 0 Å². The van der Waals surface area contributed by atoms with Gasteiger partial charge in [-0.15, -0.1) is 0 Å². The van der Waals surface area contributed by atoms with E-state index in [0.717, 1.165) is 0 Å². The quantitative estimate of drug-likeness (QED) is 0.129. The zero-order chi connectivity index (χ0) is 27.6. The lowest BCUT2D eigenvalue weighted by atomic mass is 9.96. The van der Waals surface area contributed by atoms with E-state index in [9.17, 15) is 51.1 Å². The molecule has 0 aromatic heterocycles. The van der Waals surface area contributed by atoms with Crippen LogP contribution in [0.15, 0.2) is 0 Å². The first-order valence-electron chi connectivity index (χ1n) is 12.0. The van der Waals surface area contributed by atoms with Gasteiger partial charge in [0.05, 0.1) is 25.9 Å². The lowest BCUT2D eigenvalue weighted by Crippen LogP contribution is -2.65. The first-order valence-corrected chi connectivity index (χ1v) is 12.0. The van der Waals surface area contributed by atoms with Gasteiger partial charge in [0.25, 0.3) is 0 Å². The third-order valence-electron chi connectivity index (χ3n) is 6.46. The molecule has 0 aromatic carbocycles. The third kappa shape index (κ3) is 6.75. The average Bonchev–Trinajstić information content (AvgIpc) is 2.86. The van der Waals surface area contributed by atoms with Gasteiger partial charge in [0.15, 0.2) is 18.9 Å². The van der Waals surface area contributed by atoms with Crippen LogP contribution in [0, 0.1) is 0 Å². The van der Waals surface area contributed by atoms with Gasteiger partial charge in [0.1, 0.15) is 73.2 Å². The van der Waals surface area contributed by atoms with Gasteiger partial charge in [-0.3, -0.25) is 0 Å². The van der Waals surface area contributed by atoms with Crippen LogP contribution in [-0.2, 0) is 28.4 Å². The molecule has 0 spiro atoms. The molecule has 218 valence electrons. The van der Waals surface area contributed by atoms with Crippen molar-refractivity contribution < 1.29 is 79.5 Å². The normalized spacial score (nSPS) is 49.4. The highest BCUT2D eigenvalue weighted by Gasteiger charge is 2.52. The van der Waals surface area contributed by atoms with E-state index in [-0.39, 0.29) is 0 Å². The van der Waals surface area contributed by atoms with E-state index in [1.807, 2.05) is 0 Å². The molecule has 16 nitrogen and oxygen atoms in total. The fourth-order valence-corrected chi connectivity index (χ4v) is 4.31. The van der Waals surface area contributed by atoms with Gasteiger partial charge < -0.3 is 79.5 Å². The van der Waals surface area contributed by atoms with Crippen molar-refractivity contribution in [3.05, 3.63) is 0 Å². The Balaban J connectivity index is 1.74. The molecule has 0 aromatic rings. The zero-order valence-electron chi connectivity index (χ0n) is 20.3. The first kappa shape index (κ1) is 30.9. The fourth-order valence-electron chi connectivity index (χ4n) is 4.31. The molecule has 3 heterocycles. The second-order valence-electron chi connectivity index (χ2n) is 9.54. The summed E-state index contributed by atoms with van der Waals surface area (Å²) >= 11 is 0. The lowest BCUT2D eigenvalue weighted by Gasteiger charge is -2.46. The molecule has 0 bridgehead atoms. The van der Waals surface area contributed by atoms with Crippen molar-refractivity contribution in [1.29, 1.82) is 0 Å². The average molecular weight is 547 g/mol. The molecule has 10 N–H and O–H groups in total. The maximum atomic E-state index is 10.9. The second-order valence-corrected chi connectivity index (χ2v) is 9.54. The predicted octanol–water partition coefficient (Wildman–Crippen LogP) is -6.14. The summed E-state index contributed by atoms with van der Waals surface area (Å²) in [7, 11) is 0. The number of hydrogen-bond acceptors (Lipinski definition) is 16. The van der Waals surface area contributed by atoms with Crippen molar-refractivity contribution in [2.24, 2.45) is 0 Å². The van der Waals surface area contributed by atoms with Crippen molar-refractivity contribution in [2.45, 2.75) is 112 Å². The smallest absolute Gasteiger partial charge is 0.187 e. The van der Waals surface area contributed by atoms with Crippen LogP contribution in [0.3, 0.4) is 0 Å². The maximum absolute atomic E-state index is 10.9. The van der Waals surface area contributed by atoms with Crippen molar-refractivity contribution >= 4 is 0 Å². The molecule has 0 radical (unpaired) electrons. The standard InChI is InChI=1S/C21H38O16/c1-6(2)33-21-17(31)18(37-20-16(30)14(28)11(25)8(4-23)35-20)12(26)9(36-21)5-32-19-15(29)13(27)10(24)7(3-22)34-19/h6-31H,3-5H2,1-2H3/t7?,8?,9?,10?,11?,12-,13?,14?,15?,16?,17?,18?,19?,20?,21?/m0/s1. The Morgan fingerprint density at radius 3 is 1.57 bits per heavy atom. The monoisotopic (exact) mass is 546 g/mol. The predicted molar refractivity (Wildman–Crippen MR) is 115 cm³/mol. The minimum atomic E-state index is -1.81. The number of aliphatic hydroxyl groups is 10. The van der Waals surface area contributed by atoms with E-state index >= 15 is 0 Å². The Kier molecular flexibility index (Phi) is 11.0. The molecule has 16 heteroatoms. The summed E-state index contributed by atoms with van der Waals surface area (Å²) in [5.41, 5.74) is 0. The minimum absolute atomic E-state index is 0.463. The highest BCUT2D eigenvalue weighted by Crippen LogP contribution is 2.31.